The topological polar surface area (TPSA) is 57.7 Å². The maximum absolute atomic E-state index is 13.5. The Balaban J connectivity index is 1.41. The standard InChI is InChI=1S/C23H32N2O3S/c1-16-5-6-20(25-7-3-4-22(25)26)11-21(16)29(27,28)24(2)15-23-12-17-8-18(13-23)10-19(9-17)14-23/h5-6,11,17-19H,3-4,7-10,12-15H2,1-2H3. The van der Waals surface area contributed by atoms with Gasteiger partial charge in [-0.25, -0.2) is 12.7 Å². The Kier molecular flexibility index (Phi) is 4.59. The number of hydrogen-bond acceptors (Lipinski definition) is 3. The van der Waals surface area contributed by atoms with Gasteiger partial charge in [-0.15, -0.1) is 0 Å². The lowest BCUT2D eigenvalue weighted by molar-refractivity contribution is -0.117. The molecule has 1 amide bonds. The number of aryl methyl sites for hydroxylation is 1. The predicted molar refractivity (Wildman–Crippen MR) is 113 cm³/mol. The van der Waals surface area contributed by atoms with Gasteiger partial charge in [-0.1, -0.05) is 6.07 Å². The Hall–Kier alpha value is -1.40. The molecule has 0 N–H and O–H groups in total. The summed E-state index contributed by atoms with van der Waals surface area (Å²) in [6.45, 7) is 3.15. The third-order valence-electron chi connectivity index (χ3n) is 7.97. The number of carbonyl (C=O) groups excluding carboxylic acids is 1. The van der Waals surface area contributed by atoms with Crippen molar-refractivity contribution in [3.05, 3.63) is 23.8 Å². The van der Waals surface area contributed by atoms with Crippen LogP contribution in [-0.4, -0.2) is 38.8 Å². The number of benzene rings is 1. The molecule has 0 unspecified atom stereocenters. The minimum absolute atomic E-state index is 0.0825. The van der Waals surface area contributed by atoms with Crippen molar-refractivity contribution in [3.8, 4) is 0 Å². The number of anilines is 1. The van der Waals surface area contributed by atoms with E-state index in [1.54, 1.807) is 22.3 Å². The van der Waals surface area contributed by atoms with E-state index in [-0.39, 0.29) is 11.3 Å². The third-order valence-corrected chi connectivity index (χ3v) is 9.91. The van der Waals surface area contributed by atoms with E-state index in [9.17, 15) is 13.2 Å². The van der Waals surface area contributed by atoms with Gasteiger partial charge in [0.25, 0.3) is 0 Å². The molecular weight excluding hydrogens is 384 g/mol. The van der Waals surface area contributed by atoms with Gasteiger partial charge >= 0.3 is 0 Å². The molecule has 0 atom stereocenters. The Bertz CT molecular complexity index is 904. The van der Waals surface area contributed by atoms with Crippen molar-refractivity contribution >= 4 is 21.6 Å². The summed E-state index contributed by atoms with van der Waals surface area (Å²) >= 11 is 0. The summed E-state index contributed by atoms with van der Waals surface area (Å²) in [7, 11) is -1.84. The van der Waals surface area contributed by atoms with E-state index in [1.807, 2.05) is 19.1 Å². The molecule has 4 saturated carbocycles. The monoisotopic (exact) mass is 416 g/mol. The normalized spacial score (nSPS) is 33.8. The lowest BCUT2D eigenvalue weighted by Crippen LogP contribution is -2.51. The summed E-state index contributed by atoms with van der Waals surface area (Å²) in [5.41, 5.74) is 1.63. The lowest BCUT2D eigenvalue weighted by Gasteiger charge is -2.57. The summed E-state index contributed by atoms with van der Waals surface area (Å²) in [6, 6.07) is 5.42. The molecule has 1 aromatic carbocycles. The van der Waals surface area contributed by atoms with Crippen molar-refractivity contribution in [1.82, 2.24) is 4.31 Å². The van der Waals surface area contributed by atoms with Crippen LogP contribution in [0.2, 0.25) is 0 Å². The van der Waals surface area contributed by atoms with Gasteiger partial charge in [0, 0.05) is 32.2 Å². The van der Waals surface area contributed by atoms with Gasteiger partial charge in [0.1, 0.15) is 0 Å². The smallest absolute Gasteiger partial charge is 0.243 e. The molecule has 6 heteroatoms. The lowest BCUT2D eigenvalue weighted by atomic mass is 9.49. The molecule has 1 heterocycles. The molecule has 5 nitrogen and oxygen atoms in total. The minimum atomic E-state index is -3.59. The molecule has 5 aliphatic rings. The Morgan fingerprint density at radius 1 is 1.10 bits per heavy atom. The zero-order valence-electron chi connectivity index (χ0n) is 17.6. The summed E-state index contributed by atoms with van der Waals surface area (Å²) in [4.78, 5) is 14.2. The van der Waals surface area contributed by atoms with Crippen LogP contribution >= 0.6 is 0 Å². The van der Waals surface area contributed by atoms with Gasteiger partial charge in [-0.2, -0.15) is 0 Å². The van der Waals surface area contributed by atoms with Gasteiger partial charge in [-0.05, 0) is 92.7 Å². The average molecular weight is 417 g/mol. The number of amides is 1. The van der Waals surface area contributed by atoms with Gasteiger partial charge in [0.2, 0.25) is 15.9 Å². The first kappa shape index (κ1) is 19.6. The van der Waals surface area contributed by atoms with Crippen molar-refractivity contribution < 1.29 is 13.2 Å². The van der Waals surface area contributed by atoms with E-state index >= 15 is 0 Å². The highest BCUT2D eigenvalue weighted by molar-refractivity contribution is 7.89. The van der Waals surface area contributed by atoms with Crippen LogP contribution in [0.25, 0.3) is 0 Å². The second-order valence-corrected chi connectivity index (χ2v) is 12.3. The van der Waals surface area contributed by atoms with E-state index in [2.05, 4.69) is 0 Å². The SMILES string of the molecule is Cc1ccc(N2CCCC2=O)cc1S(=O)(=O)N(C)CC12CC3CC(CC(C3)C1)C2. The van der Waals surface area contributed by atoms with Crippen LogP contribution in [0.4, 0.5) is 5.69 Å². The second-order valence-electron chi connectivity index (χ2n) is 10.3. The Morgan fingerprint density at radius 3 is 2.28 bits per heavy atom. The van der Waals surface area contributed by atoms with Crippen LogP contribution in [-0.2, 0) is 14.8 Å². The van der Waals surface area contributed by atoms with Crippen molar-refractivity contribution in [2.24, 2.45) is 23.2 Å². The largest absolute Gasteiger partial charge is 0.312 e. The fourth-order valence-electron chi connectivity index (χ4n) is 7.16. The van der Waals surface area contributed by atoms with Crippen LogP contribution in [0.1, 0.15) is 56.9 Å². The van der Waals surface area contributed by atoms with E-state index in [0.717, 1.165) is 29.7 Å². The Morgan fingerprint density at radius 2 is 1.72 bits per heavy atom. The predicted octanol–water partition coefficient (Wildman–Crippen LogP) is 3.96. The van der Waals surface area contributed by atoms with Crippen LogP contribution in [0.5, 0.6) is 0 Å². The Labute approximate surface area is 174 Å². The molecular formula is C23H32N2O3S. The number of sulfonamides is 1. The zero-order valence-corrected chi connectivity index (χ0v) is 18.4. The number of nitrogens with zero attached hydrogens (tertiary/aromatic N) is 2. The second kappa shape index (κ2) is 6.81. The average Bonchev–Trinajstić information content (AvgIpc) is 3.06. The number of rotatable bonds is 5. The molecule has 1 aromatic rings. The molecule has 1 saturated heterocycles. The molecule has 6 rings (SSSR count). The maximum Gasteiger partial charge on any atom is 0.243 e. The first-order chi connectivity index (χ1) is 13.8. The third kappa shape index (κ3) is 3.32. The van der Waals surface area contributed by atoms with Gasteiger partial charge in [0.15, 0.2) is 0 Å². The molecule has 1 aliphatic heterocycles. The summed E-state index contributed by atoms with van der Waals surface area (Å²) in [6.07, 6.45) is 9.05. The van der Waals surface area contributed by atoms with Crippen LogP contribution in [0.15, 0.2) is 23.1 Å². The van der Waals surface area contributed by atoms with Crippen molar-refractivity contribution in [2.75, 3.05) is 25.0 Å². The summed E-state index contributed by atoms with van der Waals surface area (Å²) in [5.74, 6) is 2.51. The fraction of sp³-hybridized carbons (Fsp3) is 0.696. The van der Waals surface area contributed by atoms with Crippen LogP contribution < -0.4 is 4.90 Å². The molecule has 0 aromatic heterocycles. The molecule has 0 spiro atoms. The van der Waals surface area contributed by atoms with Crippen molar-refractivity contribution in [1.29, 1.82) is 0 Å². The van der Waals surface area contributed by atoms with E-state index in [4.69, 9.17) is 0 Å². The van der Waals surface area contributed by atoms with E-state index in [0.29, 0.717) is 30.1 Å². The van der Waals surface area contributed by atoms with Gasteiger partial charge in [-0.3, -0.25) is 4.79 Å². The minimum Gasteiger partial charge on any atom is -0.312 e. The van der Waals surface area contributed by atoms with Crippen LogP contribution in [0, 0.1) is 30.1 Å². The molecule has 0 radical (unpaired) electrons. The van der Waals surface area contributed by atoms with Crippen molar-refractivity contribution in [3.63, 3.8) is 0 Å². The maximum atomic E-state index is 13.5. The highest BCUT2D eigenvalue weighted by Crippen LogP contribution is 2.60. The van der Waals surface area contributed by atoms with E-state index in [1.165, 1.54) is 38.5 Å². The number of carbonyl (C=O) groups is 1. The first-order valence-electron chi connectivity index (χ1n) is 11.1. The van der Waals surface area contributed by atoms with Crippen LogP contribution in [0.3, 0.4) is 0 Å². The first-order valence-corrected chi connectivity index (χ1v) is 12.6. The quantitative estimate of drug-likeness (QED) is 0.730. The summed E-state index contributed by atoms with van der Waals surface area (Å²) < 4.78 is 28.7. The fourth-order valence-corrected chi connectivity index (χ4v) is 8.69. The molecule has 4 aliphatic carbocycles. The highest BCUT2D eigenvalue weighted by Gasteiger charge is 2.51. The van der Waals surface area contributed by atoms with E-state index < -0.39 is 10.0 Å². The number of hydrogen-bond donors (Lipinski definition) is 0. The summed E-state index contributed by atoms with van der Waals surface area (Å²) in [5, 5.41) is 0. The molecule has 29 heavy (non-hydrogen) atoms. The van der Waals surface area contributed by atoms with Crippen molar-refractivity contribution in [2.45, 2.75) is 63.2 Å². The zero-order chi connectivity index (χ0) is 20.4. The molecule has 5 fully saturated rings. The van der Waals surface area contributed by atoms with Gasteiger partial charge in [0.05, 0.1) is 4.90 Å². The molecule has 4 bridgehead atoms. The highest BCUT2D eigenvalue weighted by atomic mass is 32.2. The van der Waals surface area contributed by atoms with Gasteiger partial charge < -0.3 is 4.90 Å². The molecule has 158 valence electrons.